The van der Waals surface area contributed by atoms with Gasteiger partial charge in [0.2, 0.25) is 0 Å². The normalized spacial score (nSPS) is 9.75. The molecule has 0 bridgehead atoms. The summed E-state index contributed by atoms with van der Waals surface area (Å²) >= 11 is 3.99. The molecule has 1 aromatic rings. The molecule has 0 aliphatic carbocycles. The summed E-state index contributed by atoms with van der Waals surface area (Å²) in [5, 5.41) is 1.14. The zero-order chi connectivity index (χ0) is 5.98. The molecule has 0 saturated heterocycles. The summed E-state index contributed by atoms with van der Waals surface area (Å²) in [7, 11) is 1.72. The summed E-state index contributed by atoms with van der Waals surface area (Å²) in [6, 6.07) is 0. The Labute approximate surface area is 68.5 Å². The number of hydrogen-bond acceptors (Lipinski definition) is 3. The molecule has 4 heteroatoms. The van der Waals surface area contributed by atoms with Crippen LogP contribution in [0.25, 0.3) is 0 Å². The molecular formula is C4H4INS2. The van der Waals surface area contributed by atoms with Gasteiger partial charge in [0.05, 0.1) is 15.4 Å². The van der Waals surface area contributed by atoms with E-state index in [1.54, 1.807) is 20.3 Å². The van der Waals surface area contributed by atoms with Crippen molar-refractivity contribution in [3.05, 3.63) is 11.2 Å². The van der Waals surface area contributed by atoms with Crippen LogP contribution in [-0.4, -0.2) is 4.98 Å². The van der Waals surface area contributed by atoms with E-state index in [0.29, 0.717) is 0 Å². The van der Waals surface area contributed by atoms with Crippen LogP contribution in [0.2, 0.25) is 0 Å². The molecule has 0 amide bonds. The molecule has 0 atom stereocenters. The van der Waals surface area contributed by atoms with Crippen molar-refractivity contribution in [3.63, 3.8) is 0 Å². The first kappa shape index (κ1) is 6.82. The molecule has 44 valence electrons. The number of hydrogen-bond donors (Lipinski definition) is 0. The minimum absolute atomic E-state index is 1.14. The summed E-state index contributed by atoms with van der Waals surface area (Å²) in [5.41, 5.74) is 0. The van der Waals surface area contributed by atoms with Crippen LogP contribution in [-0.2, 0) is 0 Å². The second-order valence-electron chi connectivity index (χ2n) is 1.28. The molecular weight excluding hydrogens is 253 g/mol. The lowest BCUT2D eigenvalue weighted by Gasteiger charge is -1.75. The molecule has 0 saturated carbocycles. The molecule has 1 nitrogen and oxygen atoms in total. The van der Waals surface area contributed by atoms with Gasteiger partial charge in [-0.2, -0.15) is 0 Å². The summed E-state index contributed by atoms with van der Waals surface area (Å²) in [4.78, 5) is 4.08. The maximum Gasteiger partial charge on any atom is 0.0906 e. The monoisotopic (exact) mass is 257 g/mol. The number of halogens is 1. The van der Waals surface area contributed by atoms with E-state index in [9.17, 15) is 0 Å². The van der Waals surface area contributed by atoms with Gasteiger partial charge in [-0.3, -0.25) is 0 Å². The van der Waals surface area contributed by atoms with E-state index in [-0.39, 0.29) is 0 Å². The van der Waals surface area contributed by atoms with Crippen molar-refractivity contribution in [3.8, 4) is 0 Å². The minimum Gasteiger partial charge on any atom is -0.249 e. The van der Waals surface area contributed by atoms with Crippen LogP contribution in [0.5, 0.6) is 0 Å². The van der Waals surface area contributed by atoms with Gasteiger partial charge in [-0.1, -0.05) is 0 Å². The lowest BCUT2D eigenvalue weighted by Crippen LogP contribution is -1.57. The fourth-order valence-corrected chi connectivity index (χ4v) is 2.61. The first-order valence-corrected chi connectivity index (χ1v) is 6.21. The number of rotatable bonds is 1. The fourth-order valence-electron chi connectivity index (χ4n) is 0.378. The Hall–Kier alpha value is 0.710. The molecule has 0 aromatic carbocycles. The molecule has 0 unspecified atom stereocenters. The van der Waals surface area contributed by atoms with Crippen LogP contribution in [0.3, 0.4) is 0 Å². The van der Waals surface area contributed by atoms with Crippen LogP contribution < -0.4 is 0 Å². The topological polar surface area (TPSA) is 12.9 Å². The van der Waals surface area contributed by atoms with Crippen LogP contribution in [0.1, 0.15) is 5.01 Å². The largest absolute Gasteiger partial charge is 0.249 e. The van der Waals surface area contributed by atoms with E-state index in [2.05, 4.69) is 26.2 Å². The third-order valence-electron chi connectivity index (χ3n) is 0.676. The summed E-state index contributed by atoms with van der Waals surface area (Å²) < 4.78 is 1.28. The highest BCUT2D eigenvalue weighted by atomic mass is 127. The Balaban J connectivity index is 2.84. The molecule has 1 aromatic heterocycles. The van der Waals surface area contributed by atoms with E-state index in [1.165, 1.54) is 4.21 Å². The lowest BCUT2D eigenvalue weighted by atomic mass is 10.8. The number of thiazole rings is 1. The Morgan fingerprint density at radius 1 is 1.88 bits per heavy atom. The number of aryl methyl sites for hydroxylation is 1. The zero-order valence-electron chi connectivity index (χ0n) is 4.22. The molecule has 0 spiro atoms. The minimum atomic E-state index is 1.14. The molecule has 1 rings (SSSR count). The fraction of sp³-hybridized carbons (Fsp3) is 0.250. The van der Waals surface area contributed by atoms with E-state index in [4.69, 9.17) is 0 Å². The van der Waals surface area contributed by atoms with Gasteiger partial charge in [-0.05, 0) is 15.9 Å². The van der Waals surface area contributed by atoms with Crippen molar-refractivity contribution in [2.45, 2.75) is 11.1 Å². The molecule has 0 aliphatic heterocycles. The van der Waals surface area contributed by atoms with Crippen molar-refractivity contribution in [1.29, 1.82) is 0 Å². The Morgan fingerprint density at radius 2 is 2.62 bits per heavy atom. The summed E-state index contributed by atoms with van der Waals surface area (Å²) in [6.07, 6.45) is 1.90. The Morgan fingerprint density at radius 3 is 2.88 bits per heavy atom. The van der Waals surface area contributed by atoms with Crippen molar-refractivity contribution in [2.24, 2.45) is 0 Å². The van der Waals surface area contributed by atoms with Gasteiger partial charge in [0.25, 0.3) is 0 Å². The third kappa shape index (κ3) is 1.60. The van der Waals surface area contributed by atoms with Crippen LogP contribution in [0.4, 0.5) is 0 Å². The maximum absolute atomic E-state index is 4.08. The van der Waals surface area contributed by atoms with Gasteiger partial charge < -0.3 is 0 Å². The second kappa shape index (κ2) is 3.03. The van der Waals surface area contributed by atoms with Crippen molar-refractivity contribution in [1.82, 2.24) is 4.98 Å². The second-order valence-corrected chi connectivity index (χ2v) is 4.68. The molecule has 0 aliphatic rings. The highest BCUT2D eigenvalue weighted by Gasteiger charge is 1.93. The van der Waals surface area contributed by atoms with Gasteiger partial charge >= 0.3 is 0 Å². The third-order valence-corrected chi connectivity index (χ3v) is 4.46. The van der Waals surface area contributed by atoms with Crippen molar-refractivity contribution < 1.29 is 0 Å². The van der Waals surface area contributed by atoms with Crippen LogP contribution in [0, 0.1) is 6.92 Å². The van der Waals surface area contributed by atoms with E-state index < -0.39 is 0 Å². The van der Waals surface area contributed by atoms with E-state index in [1.807, 2.05) is 13.1 Å². The van der Waals surface area contributed by atoms with Crippen molar-refractivity contribution >= 4 is 41.5 Å². The highest BCUT2D eigenvalue weighted by molar-refractivity contribution is 14.2. The predicted molar refractivity (Wildman–Crippen MR) is 46.7 cm³/mol. The Kier molecular flexibility index (Phi) is 2.58. The molecule has 8 heavy (non-hydrogen) atoms. The predicted octanol–water partition coefficient (Wildman–Crippen LogP) is 2.89. The highest BCUT2D eigenvalue weighted by Crippen LogP contribution is 2.29. The number of aromatic nitrogens is 1. The van der Waals surface area contributed by atoms with Crippen LogP contribution in [0.15, 0.2) is 10.4 Å². The Bertz CT molecular complexity index is 174. The SMILES string of the molecule is Cc1ncc(SI)s1. The molecule has 0 N–H and O–H groups in total. The van der Waals surface area contributed by atoms with Crippen LogP contribution >= 0.6 is 41.5 Å². The molecule has 0 radical (unpaired) electrons. The first-order valence-electron chi connectivity index (χ1n) is 2.04. The molecule has 1 heterocycles. The quantitative estimate of drug-likeness (QED) is 0.717. The van der Waals surface area contributed by atoms with Gasteiger partial charge in [-0.25, -0.2) is 4.98 Å². The summed E-state index contributed by atoms with van der Waals surface area (Å²) in [5.74, 6) is 0. The molecule has 0 fully saturated rings. The lowest BCUT2D eigenvalue weighted by molar-refractivity contribution is 1.28. The van der Waals surface area contributed by atoms with Gasteiger partial charge in [-0.15, -0.1) is 11.3 Å². The summed E-state index contributed by atoms with van der Waals surface area (Å²) in [6.45, 7) is 2.01. The van der Waals surface area contributed by atoms with Gasteiger partial charge in [0.1, 0.15) is 0 Å². The first-order chi connectivity index (χ1) is 3.83. The van der Waals surface area contributed by atoms with E-state index >= 15 is 0 Å². The van der Waals surface area contributed by atoms with Gasteiger partial charge in [0, 0.05) is 21.2 Å². The smallest absolute Gasteiger partial charge is 0.0906 e. The zero-order valence-corrected chi connectivity index (χ0v) is 8.01. The number of nitrogens with zero attached hydrogens (tertiary/aromatic N) is 1. The van der Waals surface area contributed by atoms with E-state index in [0.717, 1.165) is 5.01 Å². The van der Waals surface area contributed by atoms with Crippen molar-refractivity contribution in [2.75, 3.05) is 0 Å². The maximum atomic E-state index is 4.08. The average Bonchev–Trinajstić information content (AvgIpc) is 2.14. The van der Waals surface area contributed by atoms with Gasteiger partial charge in [0.15, 0.2) is 0 Å². The average molecular weight is 257 g/mol. The standard InChI is InChI=1S/C4H4INS2/c1-3-6-2-4(7-3)8-5/h2H,1H3.